The summed E-state index contributed by atoms with van der Waals surface area (Å²) < 4.78 is 34.0. The van der Waals surface area contributed by atoms with E-state index in [9.17, 15) is 18.4 Å². The highest BCUT2D eigenvalue weighted by molar-refractivity contribution is 5.81. The number of hydrogen-bond donors (Lipinski definition) is 2. The maximum atomic E-state index is 14.7. The van der Waals surface area contributed by atoms with Gasteiger partial charge in [0, 0.05) is 31.1 Å². The van der Waals surface area contributed by atoms with Crippen LogP contribution in [0.1, 0.15) is 6.92 Å². The number of aromatic nitrogens is 2. The van der Waals surface area contributed by atoms with E-state index in [1.54, 1.807) is 6.07 Å². The lowest BCUT2D eigenvalue weighted by atomic mass is 9.77. The van der Waals surface area contributed by atoms with E-state index in [0.717, 1.165) is 18.8 Å². The third-order valence-corrected chi connectivity index (χ3v) is 6.71. The summed E-state index contributed by atoms with van der Waals surface area (Å²) in [6.45, 7) is 3.54. The molecule has 3 heterocycles. The molecule has 176 valence electrons. The van der Waals surface area contributed by atoms with E-state index in [1.165, 1.54) is 16.7 Å². The number of carboxylic acid groups (broad SMARTS) is 1. The van der Waals surface area contributed by atoms with E-state index >= 15 is 0 Å². The molecule has 5 rings (SSSR count). The monoisotopic (exact) mass is 468 g/mol. The van der Waals surface area contributed by atoms with Crippen molar-refractivity contribution in [1.82, 2.24) is 9.55 Å². The van der Waals surface area contributed by atoms with E-state index in [2.05, 4.69) is 27.6 Å². The quantitative estimate of drug-likeness (QED) is 0.448. The van der Waals surface area contributed by atoms with Gasteiger partial charge in [-0.1, -0.05) is 19.1 Å². The third kappa shape index (κ3) is 3.69. The van der Waals surface area contributed by atoms with Crippen LogP contribution in [0, 0.1) is 29.4 Å². The molecule has 8 nitrogen and oxygen atoms in total. The Labute approximate surface area is 192 Å². The number of anilines is 1. The number of nitrogens with zero attached hydrogens (tertiary/aromatic N) is 3. The average molecular weight is 468 g/mol. The number of allylic oxidation sites excluding steroid dienone is 1. The molecule has 2 aliphatic rings. The molecule has 0 amide bonds. The Balaban J connectivity index is 1.65. The molecule has 3 aromatic rings. The Bertz CT molecular complexity index is 1370. The molecule has 1 saturated heterocycles. The van der Waals surface area contributed by atoms with Crippen LogP contribution in [0.5, 0.6) is 5.75 Å². The number of ether oxygens (including phenoxy) is 1. The van der Waals surface area contributed by atoms with Crippen LogP contribution >= 0.6 is 0 Å². The molecule has 1 aromatic carbocycles. The minimum atomic E-state index is -1.69. The molecular formula is C24H22F2N4O4. The molecule has 4 atom stereocenters. The number of pyridine rings is 2. The summed E-state index contributed by atoms with van der Waals surface area (Å²) in [6.07, 6.45) is 3.52. The van der Waals surface area contributed by atoms with Gasteiger partial charge in [-0.05, 0) is 36.1 Å². The lowest BCUT2D eigenvalue weighted by molar-refractivity contribution is 0.144. The summed E-state index contributed by atoms with van der Waals surface area (Å²) in [5.41, 5.74) is 5.58. The first kappa shape index (κ1) is 22.0. The lowest BCUT2D eigenvalue weighted by Crippen LogP contribution is -2.38. The number of benzene rings is 1. The number of rotatable bonds is 3. The molecule has 34 heavy (non-hydrogen) atoms. The number of carbonyl (C=O) groups is 1. The van der Waals surface area contributed by atoms with Crippen LogP contribution in [0.25, 0.3) is 16.7 Å². The van der Waals surface area contributed by atoms with E-state index in [1.807, 2.05) is 6.08 Å². The second-order valence-electron chi connectivity index (χ2n) is 8.75. The van der Waals surface area contributed by atoms with Gasteiger partial charge in [-0.2, -0.15) is 0 Å². The van der Waals surface area contributed by atoms with Crippen molar-refractivity contribution in [3.05, 3.63) is 70.5 Å². The van der Waals surface area contributed by atoms with Crippen LogP contribution in [0.3, 0.4) is 0 Å². The van der Waals surface area contributed by atoms with Gasteiger partial charge in [0.15, 0.2) is 11.4 Å². The molecule has 4 unspecified atom stereocenters. The highest BCUT2D eigenvalue weighted by Crippen LogP contribution is 2.38. The molecule has 1 aliphatic carbocycles. The second-order valence-corrected chi connectivity index (χ2v) is 8.75. The van der Waals surface area contributed by atoms with Gasteiger partial charge < -0.3 is 20.5 Å². The van der Waals surface area contributed by atoms with Gasteiger partial charge in [0.1, 0.15) is 17.5 Å². The Hall–Kier alpha value is -3.79. The topological polar surface area (TPSA) is 111 Å². The zero-order chi connectivity index (χ0) is 24.1. The zero-order valence-corrected chi connectivity index (χ0v) is 18.2. The van der Waals surface area contributed by atoms with Gasteiger partial charge in [0.2, 0.25) is 5.43 Å². The Morgan fingerprint density at radius 1 is 1.18 bits per heavy atom. The van der Waals surface area contributed by atoms with E-state index < -0.39 is 29.0 Å². The predicted octanol–water partition coefficient (Wildman–Crippen LogP) is 3.31. The first-order valence-corrected chi connectivity index (χ1v) is 10.8. The van der Waals surface area contributed by atoms with Crippen molar-refractivity contribution in [1.29, 1.82) is 0 Å². The molecule has 0 radical (unpaired) electrons. The van der Waals surface area contributed by atoms with Crippen LogP contribution in [-0.2, 0) is 0 Å². The predicted molar refractivity (Wildman–Crippen MR) is 121 cm³/mol. The standard InChI is InChI=1S/C24H22F2N4O4/c1-12-2-5-18(27)16-10-29(9-15(12)16)21-7-4-14-22(31)20(34-24(32)33)11-30(23(14)28-21)19-6-3-13(25)8-17(19)26/h2-8,11-12,15-16,18H,9-10,27H2,1H3,(H,32,33). The largest absolute Gasteiger partial charge is 0.511 e. The number of halogens is 2. The van der Waals surface area contributed by atoms with Gasteiger partial charge in [-0.25, -0.2) is 18.6 Å². The fourth-order valence-corrected chi connectivity index (χ4v) is 4.97. The zero-order valence-electron chi connectivity index (χ0n) is 18.2. The van der Waals surface area contributed by atoms with Gasteiger partial charge in [-0.3, -0.25) is 9.36 Å². The first-order valence-electron chi connectivity index (χ1n) is 10.8. The fraction of sp³-hybridized carbons (Fsp3) is 0.292. The number of hydrogen-bond acceptors (Lipinski definition) is 6. The van der Waals surface area contributed by atoms with Gasteiger partial charge in [-0.15, -0.1) is 0 Å². The van der Waals surface area contributed by atoms with Crippen molar-refractivity contribution < 1.29 is 23.4 Å². The molecule has 0 bridgehead atoms. The second kappa shape index (κ2) is 8.21. The third-order valence-electron chi connectivity index (χ3n) is 6.71. The minimum Gasteiger partial charge on any atom is -0.449 e. The average Bonchev–Trinajstić information content (AvgIpc) is 3.25. The molecule has 0 spiro atoms. The molecule has 10 heteroatoms. The Morgan fingerprint density at radius 2 is 1.94 bits per heavy atom. The highest BCUT2D eigenvalue weighted by atomic mass is 19.1. The Kier molecular flexibility index (Phi) is 5.32. The van der Waals surface area contributed by atoms with Crippen LogP contribution in [-0.4, -0.2) is 39.9 Å². The molecule has 0 saturated carbocycles. The van der Waals surface area contributed by atoms with Crippen LogP contribution in [0.2, 0.25) is 0 Å². The van der Waals surface area contributed by atoms with Gasteiger partial charge in [0.25, 0.3) is 0 Å². The Morgan fingerprint density at radius 3 is 2.65 bits per heavy atom. The normalized spacial score (nSPS) is 23.8. The van der Waals surface area contributed by atoms with Gasteiger partial charge in [0.05, 0.1) is 17.3 Å². The first-order chi connectivity index (χ1) is 16.2. The maximum Gasteiger partial charge on any atom is 0.511 e. The molecule has 1 fully saturated rings. The van der Waals surface area contributed by atoms with Crippen LogP contribution in [0.4, 0.5) is 19.4 Å². The van der Waals surface area contributed by atoms with Crippen molar-refractivity contribution in [2.24, 2.45) is 23.5 Å². The molecular weight excluding hydrogens is 446 g/mol. The van der Waals surface area contributed by atoms with E-state index in [0.29, 0.717) is 30.3 Å². The summed E-state index contributed by atoms with van der Waals surface area (Å²) in [5.74, 6) is -0.670. The fourth-order valence-electron chi connectivity index (χ4n) is 4.97. The van der Waals surface area contributed by atoms with Crippen molar-refractivity contribution in [2.75, 3.05) is 18.0 Å². The highest BCUT2D eigenvalue weighted by Gasteiger charge is 2.40. The SMILES string of the molecule is CC1C=CC(N)C2CN(c3ccc4c(=O)c(OC(=O)O)cn(-c5ccc(F)cc5F)c4n3)CC12. The molecule has 2 aromatic heterocycles. The van der Waals surface area contributed by atoms with Crippen LogP contribution in [0.15, 0.2) is 53.5 Å². The van der Waals surface area contributed by atoms with Crippen molar-refractivity contribution in [3.63, 3.8) is 0 Å². The smallest absolute Gasteiger partial charge is 0.449 e. The molecule has 3 N–H and O–H groups in total. The summed E-state index contributed by atoms with van der Waals surface area (Å²) in [5, 5.41) is 9.05. The van der Waals surface area contributed by atoms with E-state index in [4.69, 9.17) is 10.8 Å². The minimum absolute atomic E-state index is 0.0366. The lowest BCUT2D eigenvalue weighted by Gasteiger charge is -2.30. The molecule has 1 aliphatic heterocycles. The summed E-state index contributed by atoms with van der Waals surface area (Å²) >= 11 is 0. The van der Waals surface area contributed by atoms with Crippen molar-refractivity contribution in [3.8, 4) is 11.4 Å². The number of nitrogens with two attached hydrogens (primary N) is 1. The number of fused-ring (bicyclic) bond motifs is 2. The maximum absolute atomic E-state index is 14.7. The summed E-state index contributed by atoms with van der Waals surface area (Å²) in [6, 6.07) is 6.06. The van der Waals surface area contributed by atoms with Gasteiger partial charge >= 0.3 is 6.16 Å². The van der Waals surface area contributed by atoms with Crippen LogP contribution < -0.4 is 20.8 Å². The van der Waals surface area contributed by atoms with Crippen molar-refractivity contribution in [2.45, 2.75) is 13.0 Å². The summed E-state index contributed by atoms with van der Waals surface area (Å²) in [7, 11) is 0. The van der Waals surface area contributed by atoms with Crippen molar-refractivity contribution >= 4 is 23.0 Å². The van der Waals surface area contributed by atoms with E-state index in [-0.39, 0.29) is 28.7 Å². The summed E-state index contributed by atoms with van der Waals surface area (Å²) in [4.78, 5) is 30.7.